The molecule has 2 heterocycles. The molecule has 2 atom stereocenters. The van der Waals surface area contributed by atoms with Crippen LogP contribution in [0.25, 0.3) is 0 Å². The molecule has 180 valence electrons. The Balaban J connectivity index is 1.58. The molecule has 1 saturated heterocycles. The van der Waals surface area contributed by atoms with Crippen molar-refractivity contribution in [2.45, 2.75) is 31.6 Å². The predicted octanol–water partition coefficient (Wildman–Crippen LogP) is 2.09. The maximum Gasteiger partial charge on any atom is 0.328 e. The lowest BCUT2D eigenvalue weighted by molar-refractivity contribution is -0.122. The number of aliphatic imine (C=N–C) groups is 1. The molecular formula is C24H23N5O5S. The summed E-state index contributed by atoms with van der Waals surface area (Å²) in [5.41, 5.74) is 1.40. The number of nitrogens with zero attached hydrogens (tertiary/aromatic N) is 1. The summed E-state index contributed by atoms with van der Waals surface area (Å²) in [6.45, 7) is 3.84. The Labute approximate surface area is 203 Å². The lowest BCUT2D eigenvalue weighted by Crippen LogP contribution is -2.29. The van der Waals surface area contributed by atoms with E-state index in [2.05, 4.69) is 25.6 Å². The summed E-state index contributed by atoms with van der Waals surface area (Å²) in [4.78, 5) is 57.9. The van der Waals surface area contributed by atoms with E-state index in [-0.39, 0.29) is 23.1 Å². The van der Waals surface area contributed by atoms with Gasteiger partial charge in [0, 0.05) is 12.1 Å². The first-order valence-corrected chi connectivity index (χ1v) is 11.6. The highest BCUT2D eigenvalue weighted by Crippen LogP contribution is 2.32. The van der Waals surface area contributed by atoms with E-state index < -0.39 is 34.3 Å². The van der Waals surface area contributed by atoms with Gasteiger partial charge in [-0.2, -0.15) is 0 Å². The molecule has 0 aliphatic carbocycles. The van der Waals surface area contributed by atoms with Gasteiger partial charge in [0.25, 0.3) is 5.56 Å². The maximum absolute atomic E-state index is 12.5. The number of H-pyrrole nitrogens is 2. The minimum atomic E-state index is -1.01. The van der Waals surface area contributed by atoms with Gasteiger partial charge in [-0.25, -0.2) is 9.79 Å². The number of rotatable bonds is 6. The van der Waals surface area contributed by atoms with Crippen molar-refractivity contribution >= 4 is 34.4 Å². The summed E-state index contributed by atoms with van der Waals surface area (Å²) in [6, 6.07) is 13.4. The lowest BCUT2D eigenvalue weighted by atomic mass is 10.00. The molecule has 1 fully saturated rings. The molecule has 10 nitrogen and oxygen atoms in total. The molecule has 0 unspecified atom stereocenters. The number of hydrogen-bond donors (Lipinski definition) is 5. The molecular weight excluding hydrogens is 470 g/mol. The van der Waals surface area contributed by atoms with Crippen LogP contribution in [0.1, 0.15) is 34.7 Å². The zero-order chi connectivity index (χ0) is 25.1. The molecule has 1 aliphatic heterocycles. The number of aromatic hydroxyl groups is 1. The largest absolute Gasteiger partial charge is 0.494 e. The van der Waals surface area contributed by atoms with Crippen LogP contribution < -0.4 is 21.9 Å². The van der Waals surface area contributed by atoms with Crippen molar-refractivity contribution in [1.29, 1.82) is 0 Å². The fourth-order valence-electron chi connectivity index (χ4n) is 3.53. The van der Waals surface area contributed by atoms with Gasteiger partial charge >= 0.3 is 5.69 Å². The van der Waals surface area contributed by atoms with Gasteiger partial charge < -0.3 is 15.7 Å². The van der Waals surface area contributed by atoms with Crippen LogP contribution in [-0.2, 0) is 9.59 Å². The monoisotopic (exact) mass is 493 g/mol. The standard InChI is InChI=1S/C24H23N5O5S/c1-12-3-7-14(8-4-12)19(18-21(32)27-23(34)28-22(18)33)26-24-29-20(31)16(35-24)11-17(30)25-15-9-5-13(2)6-10-15/h3-10,16,19H,11H2,1-2H3,(H,25,30)(H,26,29,31)(H3,27,28,32,33,34)/t16-,19-/m0/s1. The molecule has 4 rings (SSSR count). The number of carbonyl (C=O) groups is 2. The third-order valence-corrected chi connectivity index (χ3v) is 6.45. The molecule has 0 spiro atoms. The zero-order valence-corrected chi connectivity index (χ0v) is 19.7. The van der Waals surface area contributed by atoms with Crippen molar-refractivity contribution in [3.8, 4) is 5.88 Å². The Morgan fingerprint density at radius 3 is 2.29 bits per heavy atom. The maximum atomic E-state index is 12.5. The summed E-state index contributed by atoms with van der Waals surface area (Å²) in [6.07, 6.45) is -0.0803. The Hall–Kier alpha value is -4.12. The van der Waals surface area contributed by atoms with Gasteiger partial charge in [0.05, 0.1) is 0 Å². The number of amides is 2. The van der Waals surface area contributed by atoms with E-state index in [1.54, 1.807) is 24.3 Å². The number of aromatic amines is 2. The predicted molar refractivity (Wildman–Crippen MR) is 134 cm³/mol. The van der Waals surface area contributed by atoms with Crippen molar-refractivity contribution < 1.29 is 14.7 Å². The SMILES string of the molecule is Cc1ccc(NC(=O)C[C@@H]2SC(=N[C@@H](c3ccc(C)cc3)c3c(O)[nH]c(=O)[nH]c3=O)NC2=O)cc1. The summed E-state index contributed by atoms with van der Waals surface area (Å²) >= 11 is 1.06. The van der Waals surface area contributed by atoms with Crippen LogP contribution in [-0.4, -0.2) is 37.3 Å². The van der Waals surface area contributed by atoms with Gasteiger partial charge in [0.1, 0.15) is 16.9 Å². The average molecular weight is 494 g/mol. The number of anilines is 1. The summed E-state index contributed by atoms with van der Waals surface area (Å²) in [7, 11) is 0. The Morgan fingerprint density at radius 2 is 1.66 bits per heavy atom. The molecule has 3 aromatic rings. The number of aryl methyl sites for hydroxylation is 2. The van der Waals surface area contributed by atoms with Crippen molar-refractivity contribution in [3.05, 3.63) is 91.6 Å². The first-order valence-electron chi connectivity index (χ1n) is 10.7. The molecule has 0 radical (unpaired) electrons. The average Bonchev–Trinajstić information content (AvgIpc) is 3.13. The topological polar surface area (TPSA) is 157 Å². The number of hydrogen-bond acceptors (Lipinski definition) is 7. The van der Waals surface area contributed by atoms with E-state index in [1.165, 1.54) is 0 Å². The normalized spacial score (nSPS) is 17.3. The van der Waals surface area contributed by atoms with Gasteiger partial charge in [-0.15, -0.1) is 0 Å². The number of benzene rings is 2. The lowest BCUT2D eigenvalue weighted by Gasteiger charge is -2.14. The molecule has 1 aromatic heterocycles. The summed E-state index contributed by atoms with van der Waals surface area (Å²) < 4.78 is 0. The van der Waals surface area contributed by atoms with Gasteiger partial charge in [0.2, 0.25) is 17.7 Å². The summed E-state index contributed by atoms with van der Waals surface area (Å²) in [5, 5.41) is 15.2. The third kappa shape index (κ3) is 5.69. The van der Waals surface area contributed by atoms with E-state index >= 15 is 0 Å². The van der Waals surface area contributed by atoms with Crippen LogP contribution >= 0.6 is 11.8 Å². The molecule has 2 aromatic carbocycles. The second-order valence-electron chi connectivity index (χ2n) is 8.13. The van der Waals surface area contributed by atoms with E-state index in [1.807, 2.05) is 38.1 Å². The highest BCUT2D eigenvalue weighted by molar-refractivity contribution is 8.15. The molecule has 2 amide bonds. The van der Waals surface area contributed by atoms with Crippen LogP contribution in [0.5, 0.6) is 5.88 Å². The van der Waals surface area contributed by atoms with Crippen molar-refractivity contribution in [1.82, 2.24) is 15.3 Å². The van der Waals surface area contributed by atoms with E-state index in [9.17, 15) is 24.3 Å². The third-order valence-electron chi connectivity index (χ3n) is 5.35. The zero-order valence-electron chi connectivity index (χ0n) is 18.9. The fourth-order valence-corrected chi connectivity index (χ4v) is 4.52. The summed E-state index contributed by atoms with van der Waals surface area (Å²) in [5.74, 6) is -1.33. The van der Waals surface area contributed by atoms with Crippen LogP contribution in [0.2, 0.25) is 0 Å². The fraction of sp³-hybridized carbons (Fsp3) is 0.208. The smallest absolute Gasteiger partial charge is 0.328 e. The van der Waals surface area contributed by atoms with E-state index in [4.69, 9.17) is 0 Å². The molecule has 0 saturated carbocycles. The van der Waals surface area contributed by atoms with Crippen molar-refractivity contribution in [2.75, 3.05) is 5.32 Å². The number of amidine groups is 1. The van der Waals surface area contributed by atoms with Crippen LogP contribution in [0, 0.1) is 13.8 Å². The second kappa shape index (κ2) is 10.0. The Bertz CT molecular complexity index is 1410. The van der Waals surface area contributed by atoms with Crippen LogP contribution in [0.4, 0.5) is 5.69 Å². The Morgan fingerprint density at radius 1 is 1.03 bits per heavy atom. The minimum absolute atomic E-state index is 0.0803. The van der Waals surface area contributed by atoms with Crippen LogP contribution in [0.15, 0.2) is 63.1 Å². The Kier molecular flexibility index (Phi) is 6.87. The van der Waals surface area contributed by atoms with Gasteiger partial charge in [-0.1, -0.05) is 59.3 Å². The van der Waals surface area contributed by atoms with Gasteiger partial charge in [-0.3, -0.25) is 24.4 Å². The molecule has 0 bridgehead atoms. The molecule has 1 aliphatic rings. The number of carbonyl (C=O) groups excluding carboxylic acids is 2. The quantitative estimate of drug-likeness (QED) is 0.354. The highest BCUT2D eigenvalue weighted by Gasteiger charge is 2.33. The van der Waals surface area contributed by atoms with Crippen molar-refractivity contribution in [2.24, 2.45) is 4.99 Å². The second-order valence-corrected chi connectivity index (χ2v) is 9.32. The molecule has 35 heavy (non-hydrogen) atoms. The highest BCUT2D eigenvalue weighted by atomic mass is 32.2. The van der Waals surface area contributed by atoms with E-state index in [0.29, 0.717) is 11.3 Å². The van der Waals surface area contributed by atoms with E-state index in [0.717, 1.165) is 22.9 Å². The van der Waals surface area contributed by atoms with Crippen LogP contribution in [0.3, 0.4) is 0 Å². The van der Waals surface area contributed by atoms with Gasteiger partial charge in [0.15, 0.2) is 5.17 Å². The van der Waals surface area contributed by atoms with Gasteiger partial charge in [-0.05, 0) is 31.5 Å². The first-order chi connectivity index (χ1) is 16.7. The first kappa shape index (κ1) is 24.0. The number of nitrogens with one attached hydrogen (secondary N) is 4. The van der Waals surface area contributed by atoms with Crippen molar-refractivity contribution in [3.63, 3.8) is 0 Å². The minimum Gasteiger partial charge on any atom is -0.494 e. The molecule has 5 N–H and O–H groups in total. The number of aromatic nitrogens is 2. The number of thioether (sulfide) groups is 1. The molecule has 11 heteroatoms.